The van der Waals surface area contributed by atoms with E-state index in [0.717, 1.165) is 30.8 Å². The second-order valence-electron chi connectivity index (χ2n) is 6.23. The number of nitrogens with zero attached hydrogens (tertiary/aromatic N) is 1. The Morgan fingerprint density at radius 3 is 2.78 bits per heavy atom. The van der Waals surface area contributed by atoms with E-state index in [1.807, 2.05) is 31.2 Å². The Labute approximate surface area is 110 Å². The highest BCUT2D eigenvalue weighted by Gasteiger charge is 2.28. The lowest BCUT2D eigenvalue weighted by Crippen LogP contribution is -2.26. The third-order valence-corrected chi connectivity index (χ3v) is 3.75. The lowest BCUT2D eigenvalue weighted by molar-refractivity contribution is 0.0967. The van der Waals surface area contributed by atoms with E-state index >= 15 is 0 Å². The zero-order chi connectivity index (χ0) is 13.2. The lowest BCUT2D eigenvalue weighted by Gasteiger charge is -2.19. The van der Waals surface area contributed by atoms with Gasteiger partial charge in [0.05, 0.1) is 0 Å². The molecule has 98 valence electrons. The molecule has 2 rings (SSSR count). The summed E-state index contributed by atoms with van der Waals surface area (Å²) in [4.78, 5) is 14.5. The normalized spacial score (nSPS) is 19.1. The van der Waals surface area contributed by atoms with Crippen molar-refractivity contribution in [3.8, 4) is 0 Å². The summed E-state index contributed by atoms with van der Waals surface area (Å²) in [5, 5.41) is 0. The molecule has 0 saturated carbocycles. The standard InChI is InChI=1S/C16H23NO/c1-13-5-4-6-14(11-13)15(18)7-9-17-10-8-16(2,3)12-17/h4-6,11H,7-10,12H2,1-3H3. The third kappa shape index (κ3) is 3.42. The van der Waals surface area contributed by atoms with Crippen LogP contribution in [0.25, 0.3) is 0 Å². The average Bonchev–Trinajstić information content (AvgIpc) is 2.66. The summed E-state index contributed by atoms with van der Waals surface area (Å²) in [7, 11) is 0. The van der Waals surface area contributed by atoms with Gasteiger partial charge in [-0.15, -0.1) is 0 Å². The van der Waals surface area contributed by atoms with Crippen LogP contribution in [0.3, 0.4) is 0 Å². The van der Waals surface area contributed by atoms with Crippen molar-refractivity contribution in [1.82, 2.24) is 4.90 Å². The molecule has 1 aliphatic rings. The van der Waals surface area contributed by atoms with Gasteiger partial charge in [0.15, 0.2) is 5.78 Å². The topological polar surface area (TPSA) is 20.3 Å². The maximum atomic E-state index is 12.1. The Balaban J connectivity index is 1.86. The number of rotatable bonds is 4. The SMILES string of the molecule is Cc1cccc(C(=O)CCN2CCC(C)(C)C2)c1. The van der Waals surface area contributed by atoms with Gasteiger partial charge < -0.3 is 4.90 Å². The monoisotopic (exact) mass is 245 g/mol. The molecular formula is C16H23NO. The molecule has 1 aromatic carbocycles. The molecule has 0 bridgehead atoms. The first-order valence-corrected chi connectivity index (χ1v) is 6.78. The molecule has 0 N–H and O–H groups in total. The number of carbonyl (C=O) groups excluding carboxylic acids is 1. The Morgan fingerprint density at radius 2 is 2.17 bits per heavy atom. The van der Waals surface area contributed by atoms with E-state index in [1.165, 1.54) is 6.42 Å². The van der Waals surface area contributed by atoms with Gasteiger partial charge in [0.1, 0.15) is 0 Å². The molecule has 2 heteroatoms. The van der Waals surface area contributed by atoms with Crippen LogP contribution >= 0.6 is 0 Å². The molecule has 1 fully saturated rings. The van der Waals surface area contributed by atoms with Crippen LogP contribution in [0.5, 0.6) is 0 Å². The predicted octanol–water partition coefficient (Wildman–Crippen LogP) is 3.30. The second-order valence-corrected chi connectivity index (χ2v) is 6.23. The summed E-state index contributed by atoms with van der Waals surface area (Å²) >= 11 is 0. The molecule has 1 aromatic rings. The van der Waals surface area contributed by atoms with Gasteiger partial charge in [-0.05, 0) is 31.4 Å². The van der Waals surface area contributed by atoms with Crippen molar-refractivity contribution in [2.24, 2.45) is 5.41 Å². The van der Waals surface area contributed by atoms with Gasteiger partial charge in [0, 0.05) is 25.1 Å². The van der Waals surface area contributed by atoms with Crippen LogP contribution in [0, 0.1) is 12.3 Å². The molecule has 0 radical (unpaired) electrons. The summed E-state index contributed by atoms with van der Waals surface area (Å²) in [5.41, 5.74) is 2.43. The van der Waals surface area contributed by atoms with E-state index in [4.69, 9.17) is 0 Å². The van der Waals surface area contributed by atoms with Crippen molar-refractivity contribution in [2.75, 3.05) is 19.6 Å². The smallest absolute Gasteiger partial charge is 0.164 e. The van der Waals surface area contributed by atoms with Crippen LogP contribution in [0.4, 0.5) is 0 Å². The van der Waals surface area contributed by atoms with Gasteiger partial charge in [-0.2, -0.15) is 0 Å². The molecule has 18 heavy (non-hydrogen) atoms. The van der Waals surface area contributed by atoms with Crippen LogP contribution in [0.15, 0.2) is 24.3 Å². The number of carbonyl (C=O) groups is 1. The Hall–Kier alpha value is -1.15. The second kappa shape index (κ2) is 5.23. The summed E-state index contributed by atoms with van der Waals surface area (Å²) in [6.45, 7) is 9.78. The van der Waals surface area contributed by atoms with E-state index in [1.54, 1.807) is 0 Å². The fourth-order valence-corrected chi connectivity index (χ4v) is 2.64. The lowest BCUT2D eigenvalue weighted by atomic mass is 9.93. The maximum Gasteiger partial charge on any atom is 0.164 e. The minimum Gasteiger partial charge on any atom is -0.302 e. The van der Waals surface area contributed by atoms with Gasteiger partial charge >= 0.3 is 0 Å². The molecule has 0 unspecified atom stereocenters. The third-order valence-electron chi connectivity index (χ3n) is 3.75. The molecule has 1 aliphatic heterocycles. The highest BCUT2D eigenvalue weighted by molar-refractivity contribution is 5.96. The van der Waals surface area contributed by atoms with Crippen molar-refractivity contribution < 1.29 is 4.79 Å². The first kappa shape index (κ1) is 13.3. The number of hydrogen-bond donors (Lipinski definition) is 0. The van der Waals surface area contributed by atoms with Crippen molar-refractivity contribution in [3.63, 3.8) is 0 Å². The van der Waals surface area contributed by atoms with E-state index in [9.17, 15) is 4.79 Å². The van der Waals surface area contributed by atoms with Gasteiger partial charge in [-0.1, -0.05) is 37.6 Å². The fourth-order valence-electron chi connectivity index (χ4n) is 2.64. The summed E-state index contributed by atoms with van der Waals surface area (Å²) in [6.07, 6.45) is 1.88. The van der Waals surface area contributed by atoms with E-state index in [2.05, 4.69) is 18.7 Å². The van der Waals surface area contributed by atoms with Crippen LogP contribution in [-0.4, -0.2) is 30.3 Å². The van der Waals surface area contributed by atoms with Crippen molar-refractivity contribution in [2.45, 2.75) is 33.6 Å². The highest BCUT2D eigenvalue weighted by Crippen LogP contribution is 2.28. The van der Waals surface area contributed by atoms with Crippen LogP contribution in [0.2, 0.25) is 0 Å². The molecule has 1 heterocycles. The molecular weight excluding hydrogens is 222 g/mol. The number of aryl methyl sites for hydroxylation is 1. The van der Waals surface area contributed by atoms with Crippen LogP contribution in [0.1, 0.15) is 42.6 Å². The van der Waals surface area contributed by atoms with Gasteiger partial charge in [-0.3, -0.25) is 4.79 Å². The zero-order valence-electron chi connectivity index (χ0n) is 11.7. The average molecular weight is 245 g/mol. The minimum atomic E-state index is 0.267. The van der Waals surface area contributed by atoms with Crippen molar-refractivity contribution >= 4 is 5.78 Å². The largest absolute Gasteiger partial charge is 0.302 e. The Kier molecular flexibility index (Phi) is 3.86. The molecule has 0 aromatic heterocycles. The summed E-state index contributed by atoms with van der Waals surface area (Å²) < 4.78 is 0. The van der Waals surface area contributed by atoms with E-state index in [0.29, 0.717) is 11.8 Å². The number of ketones is 1. The van der Waals surface area contributed by atoms with Crippen molar-refractivity contribution in [3.05, 3.63) is 35.4 Å². The Morgan fingerprint density at radius 1 is 1.39 bits per heavy atom. The fraction of sp³-hybridized carbons (Fsp3) is 0.562. The maximum absolute atomic E-state index is 12.1. The summed E-state index contributed by atoms with van der Waals surface area (Å²) in [6, 6.07) is 7.89. The number of Topliss-reactive ketones (excluding diaryl/α,β-unsaturated/α-hetero) is 1. The van der Waals surface area contributed by atoms with Gasteiger partial charge in [0.2, 0.25) is 0 Å². The molecule has 0 atom stereocenters. The molecule has 0 aliphatic carbocycles. The zero-order valence-corrected chi connectivity index (χ0v) is 11.7. The minimum absolute atomic E-state index is 0.267. The first-order valence-electron chi connectivity index (χ1n) is 6.78. The molecule has 0 spiro atoms. The van der Waals surface area contributed by atoms with Gasteiger partial charge in [0.25, 0.3) is 0 Å². The molecule has 2 nitrogen and oxygen atoms in total. The van der Waals surface area contributed by atoms with Crippen molar-refractivity contribution in [1.29, 1.82) is 0 Å². The highest BCUT2D eigenvalue weighted by atomic mass is 16.1. The van der Waals surface area contributed by atoms with E-state index < -0.39 is 0 Å². The quantitative estimate of drug-likeness (QED) is 0.759. The number of benzene rings is 1. The number of likely N-dealkylation sites (tertiary alicyclic amines) is 1. The first-order chi connectivity index (χ1) is 8.46. The van der Waals surface area contributed by atoms with E-state index in [-0.39, 0.29) is 5.78 Å². The molecule has 1 saturated heterocycles. The van der Waals surface area contributed by atoms with Crippen LogP contribution < -0.4 is 0 Å². The van der Waals surface area contributed by atoms with Crippen LogP contribution in [-0.2, 0) is 0 Å². The predicted molar refractivity (Wildman–Crippen MR) is 75.0 cm³/mol. The summed E-state index contributed by atoms with van der Waals surface area (Å²) in [5.74, 6) is 0.267. The molecule has 0 amide bonds. The number of hydrogen-bond acceptors (Lipinski definition) is 2. The van der Waals surface area contributed by atoms with Gasteiger partial charge in [-0.25, -0.2) is 0 Å². The Bertz CT molecular complexity index is 436.